The molecule has 5 nitrogen and oxygen atoms in total. The van der Waals surface area contributed by atoms with Crippen molar-refractivity contribution in [2.45, 2.75) is 13.3 Å². The van der Waals surface area contributed by atoms with Crippen LogP contribution in [0.1, 0.15) is 18.9 Å². The van der Waals surface area contributed by atoms with Crippen LogP contribution in [0.3, 0.4) is 0 Å². The zero-order valence-electron chi connectivity index (χ0n) is 10.6. The van der Waals surface area contributed by atoms with Gasteiger partial charge in [-0.2, -0.15) is 0 Å². The van der Waals surface area contributed by atoms with Crippen LogP contribution < -0.4 is 10.6 Å². The molecule has 0 heterocycles. The first-order valence-electron chi connectivity index (χ1n) is 5.81. The molecule has 5 heteroatoms. The Balaban J connectivity index is 2.53. The first-order valence-corrected chi connectivity index (χ1v) is 5.81. The summed E-state index contributed by atoms with van der Waals surface area (Å²) >= 11 is 0. The molecule has 0 aromatic heterocycles. The van der Waals surface area contributed by atoms with Crippen LogP contribution in [0.5, 0.6) is 0 Å². The van der Waals surface area contributed by atoms with Crippen molar-refractivity contribution >= 4 is 24.2 Å². The number of rotatable bonds is 6. The van der Waals surface area contributed by atoms with Gasteiger partial charge in [0.15, 0.2) is 0 Å². The van der Waals surface area contributed by atoms with Crippen molar-refractivity contribution in [1.82, 2.24) is 10.6 Å². The van der Waals surface area contributed by atoms with Gasteiger partial charge in [0.2, 0.25) is 11.8 Å². The van der Waals surface area contributed by atoms with Crippen molar-refractivity contribution in [3.8, 4) is 0 Å². The molecular weight excluding hydrogens is 244 g/mol. The normalized spacial score (nSPS) is 10.7. The molecule has 1 aromatic rings. The summed E-state index contributed by atoms with van der Waals surface area (Å²) in [6, 6.07) is 9.12. The molecule has 0 spiro atoms. The number of carbonyl (C=O) groups is 2. The highest BCUT2D eigenvalue weighted by Gasteiger charge is 2.05. The van der Waals surface area contributed by atoms with Gasteiger partial charge in [-0.1, -0.05) is 30.3 Å². The van der Waals surface area contributed by atoms with E-state index in [9.17, 15) is 14.4 Å². The zero-order chi connectivity index (χ0) is 14.1. The Labute approximate surface area is 111 Å². The monoisotopic (exact) mass is 259 g/mol. The summed E-state index contributed by atoms with van der Waals surface area (Å²) in [4.78, 5) is 32.9. The first-order chi connectivity index (χ1) is 9.11. The second-order valence-corrected chi connectivity index (χ2v) is 3.85. The van der Waals surface area contributed by atoms with Gasteiger partial charge in [0.25, 0.3) is 6.29 Å². The molecular formula is C14H15N2O3. The highest BCUT2D eigenvalue weighted by Crippen LogP contribution is 2.03. The maximum atomic E-state index is 11.5. The van der Waals surface area contributed by atoms with E-state index in [1.807, 2.05) is 18.2 Å². The average molecular weight is 259 g/mol. The van der Waals surface area contributed by atoms with E-state index >= 15 is 0 Å². The Kier molecular flexibility index (Phi) is 6.02. The predicted molar refractivity (Wildman–Crippen MR) is 71.6 cm³/mol. The summed E-state index contributed by atoms with van der Waals surface area (Å²) in [6.45, 7) is 1.61. The highest BCUT2D eigenvalue weighted by molar-refractivity contribution is 5.90. The number of allylic oxidation sites excluding steroid dienone is 1. The van der Waals surface area contributed by atoms with Crippen LogP contribution in [0.4, 0.5) is 0 Å². The lowest BCUT2D eigenvalue weighted by molar-refractivity contribution is -0.120. The number of carbonyl (C=O) groups excluding carboxylic acids is 3. The molecule has 0 aliphatic rings. The van der Waals surface area contributed by atoms with Gasteiger partial charge < -0.3 is 10.6 Å². The van der Waals surface area contributed by atoms with E-state index in [1.165, 1.54) is 13.0 Å². The number of nitrogens with one attached hydrogen (secondary N) is 2. The lowest BCUT2D eigenvalue weighted by atomic mass is 10.2. The van der Waals surface area contributed by atoms with E-state index in [-0.39, 0.29) is 30.5 Å². The van der Waals surface area contributed by atoms with Crippen LogP contribution in [-0.4, -0.2) is 24.6 Å². The molecule has 1 radical (unpaired) electrons. The van der Waals surface area contributed by atoms with Crippen molar-refractivity contribution in [3.05, 3.63) is 41.6 Å². The van der Waals surface area contributed by atoms with Gasteiger partial charge in [0.1, 0.15) is 0 Å². The molecule has 0 saturated carbocycles. The summed E-state index contributed by atoms with van der Waals surface area (Å²) in [5.41, 5.74) is 0.863. The summed E-state index contributed by atoms with van der Waals surface area (Å²) in [5, 5.41) is 4.94. The maximum absolute atomic E-state index is 11.5. The third-order valence-electron chi connectivity index (χ3n) is 2.22. The zero-order valence-corrected chi connectivity index (χ0v) is 10.6. The number of hydrogen-bond acceptors (Lipinski definition) is 3. The smallest absolute Gasteiger partial charge is 0.251 e. The van der Waals surface area contributed by atoms with Crippen molar-refractivity contribution in [3.63, 3.8) is 0 Å². The minimum atomic E-state index is -0.348. The van der Waals surface area contributed by atoms with Gasteiger partial charge in [-0.15, -0.1) is 0 Å². The fourth-order valence-electron chi connectivity index (χ4n) is 1.37. The molecule has 0 unspecified atom stereocenters. The molecule has 2 amide bonds. The van der Waals surface area contributed by atoms with Crippen LogP contribution in [0.2, 0.25) is 0 Å². The Hall–Kier alpha value is -2.43. The minimum absolute atomic E-state index is 0.0685. The Morgan fingerprint density at radius 1 is 1.26 bits per heavy atom. The van der Waals surface area contributed by atoms with E-state index < -0.39 is 0 Å². The topological polar surface area (TPSA) is 75.3 Å². The SMILES string of the molecule is CC(=O)NCCC(=O)NC([C]=O)=Cc1ccccc1. The van der Waals surface area contributed by atoms with Crippen molar-refractivity contribution in [2.24, 2.45) is 0 Å². The highest BCUT2D eigenvalue weighted by atomic mass is 16.2. The molecule has 0 aliphatic carbocycles. The van der Waals surface area contributed by atoms with Gasteiger partial charge in [0.05, 0.1) is 5.70 Å². The third-order valence-corrected chi connectivity index (χ3v) is 2.22. The molecule has 0 saturated heterocycles. The van der Waals surface area contributed by atoms with Crippen molar-refractivity contribution in [2.75, 3.05) is 6.54 Å². The molecule has 2 N–H and O–H groups in total. The Bertz CT molecular complexity index is 481. The van der Waals surface area contributed by atoms with Gasteiger partial charge in [-0.3, -0.25) is 14.4 Å². The summed E-state index contributed by atoms with van der Waals surface area (Å²) in [7, 11) is 0. The number of benzene rings is 1. The van der Waals surface area contributed by atoms with Crippen LogP contribution in [0, 0.1) is 0 Å². The lowest BCUT2D eigenvalue weighted by Gasteiger charge is -2.04. The Morgan fingerprint density at radius 2 is 1.95 bits per heavy atom. The second-order valence-electron chi connectivity index (χ2n) is 3.85. The molecule has 19 heavy (non-hydrogen) atoms. The summed E-state index contributed by atoms with van der Waals surface area (Å²) in [5.74, 6) is -0.547. The molecule has 99 valence electrons. The van der Waals surface area contributed by atoms with E-state index in [0.29, 0.717) is 0 Å². The molecule has 0 fully saturated rings. The quantitative estimate of drug-likeness (QED) is 0.741. The van der Waals surface area contributed by atoms with Gasteiger partial charge in [-0.05, 0) is 11.6 Å². The van der Waals surface area contributed by atoms with Crippen LogP contribution in [-0.2, 0) is 14.4 Å². The van der Waals surface area contributed by atoms with E-state index in [1.54, 1.807) is 18.4 Å². The molecule has 1 rings (SSSR count). The molecule has 0 aliphatic heterocycles. The second kappa shape index (κ2) is 7.81. The standard InChI is InChI=1S/C14H15N2O3/c1-11(18)15-8-7-14(19)16-13(10-17)9-12-5-3-2-4-6-12/h2-6,9H,7-8H2,1H3,(H,15,18)(H,16,19). The fourth-order valence-corrected chi connectivity index (χ4v) is 1.37. The fraction of sp³-hybridized carbons (Fsp3) is 0.214. The minimum Gasteiger partial charge on any atom is -0.356 e. The third kappa shape index (κ3) is 6.16. The van der Waals surface area contributed by atoms with Crippen molar-refractivity contribution in [1.29, 1.82) is 0 Å². The van der Waals surface area contributed by atoms with Crippen molar-refractivity contribution < 1.29 is 14.4 Å². The van der Waals surface area contributed by atoms with E-state index in [0.717, 1.165) is 5.56 Å². The maximum Gasteiger partial charge on any atom is 0.251 e. The first kappa shape index (κ1) is 14.6. The van der Waals surface area contributed by atoms with Gasteiger partial charge in [0, 0.05) is 19.9 Å². The predicted octanol–water partition coefficient (Wildman–Crippen LogP) is 0.780. The van der Waals surface area contributed by atoms with Gasteiger partial charge in [-0.25, -0.2) is 0 Å². The van der Waals surface area contributed by atoms with E-state index in [2.05, 4.69) is 10.6 Å². The van der Waals surface area contributed by atoms with E-state index in [4.69, 9.17) is 0 Å². The van der Waals surface area contributed by atoms with Gasteiger partial charge >= 0.3 is 0 Å². The van der Waals surface area contributed by atoms with Crippen LogP contribution in [0.15, 0.2) is 36.0 Å². The summed E-state index contributed by atoms with van der Waals surface area (Å²) < 4.78 is 0. The summed E-state index contributed by atoms with van der Waals surface area (Å²) in [6.07, 6.45) is 3.31. The Morgan fingerprint density at radius 3 is 2.53 bits per heavy atom. The lowest BCUT2D eigenvalue weighted by Crippen LogP contribution is -2.29. The molecule has 1 aromatic carbocycles. The van der Waals surface area contributed by atoms with Crippen LogP contribution in [0.25, 0.3) is 6.08 Å². The average Bonchev–Trinajstić information content (AvgIpc) is 2.38. The number of amides is 2. The molecule has 0 bridgehead atoms. The molecule has 0 atom stereocenters. The largest absolute Gasteiger partial charge is 0.356 e. The number of hydrogen-bond donors (Lipinski definition) is 2. The van der Waals surface area contributed by atoms with Crippen LogP contribution >= 0.6 is 0 Å².